The summed E-state index contributed by atoms with van der Waals surface area (Å²) < 4.78 is 5.56. The third-order valence-corrected chi connectivity index (χ3v) is 3.09. The molecule has 2 atom stereocenters. The van der Waals surface area contributed by atoms with Crippen molar-refractivity contribution in [2.75, 3.05) is 0 Å². The number of ether oxygens (including phenoxy) is 1. The Labute approximate surface area is 117 Å². The van der Waals surface area contributed by atoms with E-state index in [2.05, 4.69) is 10.3 Å². The molecule has 108 valence electrons. The number of carboxylic acids is 1. The first-order valence-corrected chi connectivity index (χ1v) is 6.60. The number of hydrogen-bond donors (Lipinski definition) is 2. The molecule has 20 heavy (non-hydrogen) atoms. The smallest absolute Gasteiger partial charge is 0.307 e. The zero-order valence-electron chi connectivity index (χ0n) is 11.5. The molecular formula is C14H18N2O4. The van der Waals surface area contributed by atoms with Gasteiger partial charge in [-0.15, -0.1) is 0 Å². The molecule has 0 spiro atoms. The van der Waals surface area contributed by atoms with Crippen LogP contribution in [-0.2, 0) is 16.1 Å². The molecule has 0 saturated heterocycles. The molecular weight excluding hydrogens is 260 g/mol. The molecule has 6 heteroatoms. The third-order valence-electron chi connectivity index (χ3n) is 3.09. The summed E-state index contributed by atoms with van der Waals surface area (Å²) in [6.45, 7) is 4.09. The Morgan fingerprint density at radius 1 is 1.50 bits per heavy atom. The van der Waals surface area contributed by atoms with E-state index in [1.54, 1.807) is 12.3 Å². The van der Waals surface area contributed by atoms with Gasteiger partial charge in [0.2, 0.25) is 11.8 Å². The number of pyridine rings is 1. The van der Waals surface area contributed by atoms with E-state index in [4.69, 9.17) is 9.84 Å². The fourth-order valence-electron chi connectivity index (χ4n) is 1.96. The first-order chi connectivity index (χ1) is 9.49. The number of aliphatic carboxylic acids is 1. The Morgan fingerprint density at radius 2 is 2.25 bits per heavy atom. The van der Waals surface area contributed by atoms with Gasteiger partial charge in [-0.1, -0.05) is 6.07 Å². The molecule has 0 unspecified atom stereocenters. The molecule has 2 rings (SSSR count). The van der Waals surface area contributed by atoms with Gasteiger partial charge >= 0.3 is 5.97 Å². The zero-order valence-corrected chi connectivity index (χ0v) is 11.5. The van der Waals surface area contributed by atoms with E-state index < -0.39 is 17.8 Å². The van der Waals surface area contributed by atoms with Crippen molar-refractivity contribution in [2.45, 2.75) is 32.9 Å². The quantitative estimate of drug-likeness (QED) is 0.816. The van der Waals surface area contributed by atoms with E-state index in [0.29, 0.717) is 12.3 Å². The van der Waals surface area contributed by atoms with Crippen LogP contribution in [0.2, 0.25) is 0 Å². The second-order valence-electron chi connectivity index (χ2n) is 5.14. The van der Waals surface area contributed by atoms with Gasteiger partial charge < -0.3 is 15.2 Å². The van der Waals surface area contributed by atoms with Crippen LogP contribution in [0.5, 0.6) is 5.88 Å². The molecule has 6 nitrogen and oxygen atoms in total. The van der Waals surface area contributed by atoms with Gasteiger partial charge in [-0.25, -0.2) is 4.98 Å². The van der Waals surface area contributed by atoms with E-state index in [1.807, 2.05) is 19.9 Å². The average Bonchev–Trinajstić information content (AvgIpc) is 3.17. The fraction of sp³-hybridized carbons (Fsp3) is 0.500. The van der Waals surface area contributed by atoms with Gasteiger partial charge in [0.15, 0.2) is 0 Å². The standard InChI is InChI=1S/C14H18N2O4/c1-8(2)20-13-9(4-3-5-15-13)7-16-12(17)10-6-11(10)14(18)19/h3-5,8,10-11H,6-7H2,1-2H3,(H,16,17)(H,18,19)/t10-,11+/m1/s1. The number of nitrogens with zero attached hydrogens (tertiary/aromatic N) is 1. The molecule has 1 aromatic heterocycles. The molecule has 0 aliphatic heterocycles. The number of carbonyl (C=O) groups excluding carboxylic acids is 1. The lowest BCUT2D eigenvalue weighted by molar-refractivity contribution is -0.140. The Kier molecular flexibility index (Phi) is 4.22. The van der Waals surface area contributed by atoms with E-state index in [1.165, 1.54) is 0 Å². The highest BCUT2D eigenvalue weighted by atomic mass is 16.5. The van der Waals surface area contributed by atoms with Gasteiger partial charge in [-0.2, -0.15) is 0 Å². The van der Waals surface area contributed by atoms with Crippen molar-refractivity contribution in [3.63, 3.8) is 0 Å². The van der Waals surface area contributed by atoms with E-state index in [0.717, 1.165) is 5.56 Å². The highest BCUT2D eigenvalue weighted by Gasteiger charge is 2.48. The van der Waals surface area contributed by atoms with Gasteiger partial charge in [0.05, 0.1) is 17.9 Å². The number of hydrogen-bond acceptors (Lipinski definition) is 4. The number of nitrogens with one attached hydrogen (secondary N) is 1. The SMILES string of the molecule is CC(C)Oc1ncccc1CNC(=O)[C@@H]1C[C@@H]1C(=O)O. The van der Waals surface area contributed by atoms with Crippen LogP contribution in [0, 0.1) is 11.8 Å². The number of amides is 1. The van der Waals surface area contributed by atoms with Crippen molar-refractivity contribution < 1.29 is 19.4 Å². The normalized spacial score (nSPS) is 20.6. The Morgan fingerprint density at radius 3 is 2.85 bits per heavy atom. The number of aromatic nitrogens is 1. The molecule has 1 aromatic rings. The predicted octanol–water partition coefficient (Wildman–Crippen LogP) is 1.21. The number of carboxylic acid groups (broad SMARTS) is 1. The molecule has 1 aliphatic rings. The summed E-state index contributed by atoms with van der Waals surface area (Å²) in [6, 6.07) is 3.60. The van der Waals surface area contributed by atoms with Crippen LogP contribution in [0.3, 0.4) is 0 Å². The summed E-state index contributed by atoms with van der Waals surface area (Å²) in [5, 5.41) is 11.5. The van der Waals surface area contributed by atoms with Crippen molar-refractivity contribution in [1.29, 1.82) is 0 Å². The maximum Gasteiger partial charge on any atom is 0.307 e. The van der Waals surface area contributed by atoms with Crippen molar-refractivity contribution in [2.24, 2.45) is 11.8 Å². The van der Waals surface area contributed by atoms with Gasteiger partial charge in [-0.05, 0) is 26.3 Å². The van der Waals surface area contributed by atoms with Gasteiger partial charge in [-0.3, -0.25) is 9.59 Å². The van der Waals surface area contributed by atoms with Gasteiger partial charge in [0, 0.05) is 18.3 Å². The maximum absolute atomic E-state index is 11.8. The lowest BCUT2D eigenvalue weighted by Gasteiger charge is -2.13. The van der Waals surface area contributed by atoms with Crippen LogP contribution < -0.4 is 10.1 Å². The van der Waals surface area contributed by atoms with Crippen LogP contribution >= 0.6 is 0 Å². The first kappa shape index (κ1) is 14.3. The molecule has 1 heterocycles. The van der Waals surface area contributed by atoms with Crippen LogP contribution in [-0.4, -0.2) is 28.1 Å². The summed E-state index contributed by atoms with van der Waals surface area (Å²) in [6.07, 6.45) is 2.05. The monoisotopic (exact) mass is 278 g/mol. The maximum atomic E-state index is 11.8. The average molecular weight is 278 g/mol. The minimum absolute atomic E-state index is 0.000764. The first-order valence-electron chi connectivity index (χ1n) is 6.60. The van der Waals surface area contributed by atoms with Crippen molar-refractivity contribution in [3.05, 3.63) is 23.9 Å². The molecule has 0 radical (unpaired) electrons. The summed E-state index contributed by atoms with van der Waals surface area (Å²) in [5.74, 6) is -1.57. The van der Waals surface area contributed by atoms with Crippen molar-refractivity contribution >= 4 is 11.9 Å². The van der Waals surface area contributed by atoms with Crippen molar-refractivity contribution in [1.82, 2.24) is 10.3 Å². The molecule has 0 aromatic carbocycles. The second-order valence-corrected chi connectivity index (χ2v) is 5.14. The van der Waals surface area contributed by atoms with E-state index >= 15 is 0 Å². The highest BCUT2D eigenvalue weighted by molar-refractivity contribution is 5.89. The lowest BCUT2D eigenvalue weighted by atomic mass is 10.2. The third kappa shape index (κ3) is 3.46. The molecule has 0 bridgehead atoms. The van der Waals surface area contributed by atoms with E-state index in [-0.39, 0.29) is 18.6 Å². The molecule has 2 N–H and O–H groups in total. The molecule has 1 saturated carbocycles. The van der Waals surface area contributed by atoms with Gasteiger partial charge in [0.25, 0.3) is 0 Å². The Bertz CT molecular complexity index is 516. The zero-order chi connectivity index (χ0) is 14.7. The summed E-state index contributed by atoms with van der Waals surface area (Å²) in [5.41, 5.74) is 0.780. The van der Waals surface area contributed by atoms with Crippen LogP contribution in [0.4, 0.5) is 0 Å². The predicted molar refractivity (Wildman–Crippen MR) is 71.1 cm³/mol. The summed E-state index contributed by atoms with van der Waals surface area (Å²) in [7, 11) is 0. The topological polar surface area (TPSA) is 88.5 Å². The summed E-state index contributed by atoms with van der Waals surface area (Å²) >= 11 is 0. The molecule has 1 fully saturated rings. The minimum Gasteiger partial charge on any atom is -0.481 e. The second kappa shape index (κ2) is 5.90. The largest absolute Gasteiger partial charge is 0.481 e. The van der Waals surface area contributed by atoms with Crippen LogP contribution in [0.25, 0.3) is 0 Å². The Balaban J connectivity index is 1.91. The molecule has 1 amide bonds. The molecule has 1 aliphatic carbocycles. The summed E-state index contributed by atoms with van der Waals surface area (Å²) in [4.78, 5) is 26.6. The van der Waals surface area contributed by atoms with Crippen molar-refractivity contribution in [3.8, 4) is 5.88 Å². The highest BCUT2D eigenvalue weighted by Crippen LogP contribution is 2.38. The number of rotatable bonds is 6. The fourth-order valence-corrected chi connectivity index (χ4v) is 1.96. The van der Waals surface area contributed by atoms with Crippen LogP contribution in [0.1, 0.15) is 25.8 Å². The van der Waals surface area contributed by atoms with Gasteiger partial charge in [0.1, 0.15) is 0 Å². The van der Waals surface area contributed by atoms with Crippen LogP contribution in [0.15, 0.2) is 18.3 Å². The van der Waals surface area contributed by atoms with E-state index in [9.17, 15) is 9.59 Å². The Hall–Kier alpha value is -2.11. The lowest BCUT2D eigenvalue weighted by Crippen LogP contribution is -2.26. The minimum atomic E-state index is -0.907. The number of carbonyl (C=O) groups is 2.